The molecule has 0 unspecified atom stereocenters. The lowest BCUT2D eigenvalue weighted by Crippen LogP contribution is -2.12. The molecule has 0 saturated carbocycles. The summed E-state index contributed by atoms with van der Waals surface area (Å²) in [5.74, 6) is 0.635. The molecule has 0 fully saturated rings. The van der Waals surface area contributed by atoms with Crippen LogP contribution in [0.5, 0.6) is 0 Å². The van der Waals surface area contributed by atoms with Gasteiger partial charge in [-0.05, 0) is 18.8 Å². The number of nitrogens with two attached hydrogens (primary N) is 1. The smallest absolute Gasteiger partial charge is 0.0651 e. The molecule has 2 N–H and O–H groups in total. The van der Waals surface area contributed by atoms with Crippen molar-refractivity contribution in [1.29, 1.82) is 0 Å². The van der Waals surface area contributed by atoms with Crippen molar-refractivity contribution >= 4 is 23.2 Å². The Bertz CT molecular complexity index is 306. The number of halogens is 2. The van der Waals surface area contributed by atoms with Crippen molar-refractivity contribution in [3.8, 4) is 0 Å². The molecule has 1 aromatic rings. The van der Waals surface area contributed by atoms with E-state index in [2.05, 4.69) is 18.8 Å². The van der Waals surface area contributed by atoms with E-state index in [0.29, 0.717) is 16.0 Å². The summed E-state index contributed by atoms with van der Waals surface area (Å²) >= 11 is 12.0. The van der Waals surface area contributed by atoms with Gasteiger partial charge in [-0.3, -0.25) is 4.98 Å². The molecule has 84 valence electrons. The van der Waals surface area contributed by atoms with Crippen LogP contribution in [0, 0.1) is 5.92 Å². The van der Waals surface area contributed by atoms with Crippen LogP contribution in [0.1, 0.15) is 38.3 Å². The molecule has 1 rings (SSSR count). The molecule has 0 radical (unpaired) electrons. The van der Waals surface area contributed by atoms with Gasteiger partial charge in [-0.25, -0.2) is 0 Å². The highest BCUT2D eigenvalue weighted by molar-refractivity contribution is 6.35. The summed E-state index contributed by atoms with van der Waals surface area (Å²) in [6, 6.07) is -0.101. The Kier molecular flexibility index (Phi) is 4.84. The number of nitrogens with zero attached hydrogens (tertiary/aromatic N) is 1. The van der Waals surface area contributed by atoms with Gasteiger partial charge in [0.15, 0.2) is 0 Å². The number of rotatable bonds is 4. The lowest BCUT2D eigenvalue weighted by Gasteiger charge is -2.15. The van der Waals surface area contributed by atoms with E-state index in [1.54, 1.807) is 12.4 Å². The fourth-order valence-electron chi connectivity index (χ4n) is 1.43. The molecule has 0 aromatic carbocycles. The Morgan fingerprint density at radius 1 is 1.20 bits per heavy atom. The highest BCUT2D eigenvalue weighted by Gasteiger charge is 2.14. The Balaban J connectivity index is 2.77. The van der Waals surface area contributed by atoms with Crippen LogP contribution < -0.4 is 5.73 Å². The number of aromatic nitrogens is 1. The first-order valence-corrected chi connectivity index (χ1v) is 5.82. The van der Waals surface area contributed by atoms with Gasteiger partial charge in [-0.1, -0.05) is 37.0 Å². The van der Waals surface area contributed by atoms with Gasteiger partial charge >= 0.3 is 0 Å². The van der Waals surface area contributed by atoms with E-state index >= 15 is 0 Å². The number of hydrogen-bond acceptors (Lipinski definition) is 2. The van der Waals surface area contributed by atoms with Crippen LogP contribution in [0.3, 0.4) is 0 Å². The van der Waals surface area contributed by atoms with Crippen molar-refractivity contribution in [2.45, 2.75) is 32.7 Å². The van der Waals surface area contributed by atoms with Gasteiger partial charge in [0, 0.05) is 24.0 Å². The van der Waals surface area contributed by atoms with Crippen molar-refractivity contribution < 1.29 is 0 Å². The first-order chi connectivity index (χ1) is 7.02. The second-order valence-corrected chi connectivity index (χ2v) is 4.91. The van der Waals surface area contributed by atoms with Crippen molar-refractivity contribution in [2.24, 2.45) is 11.7 Å². The van der Waals surface area contributed by atoms with Crippen LogP contribution in [-0.4, -0.2) is 4.98 Å². The Hall–Kier alpha value is -0.310. The monoisotopic (exact) mass is 246 g/mol. The lowest BCUT2D eigenvalue weighted by atomic mass is 9.99. The summed E-state index contributed by atoms with van der Waals surface area (Å²) in [7, 11) is 0. The largest absolute Gasteiger partial charge is 0.324 e. The zero-order chi connectivity index (χ0) is 11.4. The van der Waals surface area contributed by atoms with Crippen molar-refractivity contribution in [1.82, 2.24) is 4.98 Å². The summed E-state index contributed by atoms with van der Waals surface area (Å²) in [5, 5.41) is 1.11. The molecule has 2 nitrogen and oxygen atoms in total. The minimum Gasteiger partial charge on any atom is -0.324 e. The second-order valence-electron chi connectivity index (χ2n) is 4.09. The average Bonchev–Trinajstić information content (AvgIpc) is 2.14. The highest BCUT2D eigenvalue weighted by atomic mass is 35.5. The van der Waals surface area contributed by atoms with E-state index in [1.807, 2.05) is 0 Å². The maximum absolute atomic E-state index is 6.05. The van der Waals surface area contributed by atoms with E-state index in [4.69, 9.17) is 28.9 Å². The molecule has 15 heavy (non-hydrogen) atoms. The summed E-state index contributed by atoms with van der Waals surface area (Å²) in [6.07, 6.45) is 5.12. The van der Waals surface area contributed by atoms with Crippen molar-refractivity contribution in [3.05, 3.63) is 28.0 Å². The Labute approximate surface area is 101 Å². The van der Waals surface area contributed by atoms with Gasteiger partial charge in [0.2, 0.25) is 0 Å². The van der Waals surface area contributed by atoms with Crippen molar-refractivity contribution in [3.63, 3.8) is 0 Å². The lowest BCUT2D eigenvalue weighted by molar-refractivity contribution is 0.507. The standard InChI is InChI=1S/C11H16Cl2N2/c1-7(2)3-4-10(14)11-8(12)5-15-6-9(11)13/h5-7,10H,3-4,14H2,1-2H3/t10-/m0/s1. The molecule has 4 heteroatoms. The van der Waals surface area contributed by atoms with E-state index in [0.717, 1.165) is 18.4 Å². The molecule has 0 saturated heterocycles. The predicted octanol–water partition coefficient (Wildman–Crippen LogP) is 3.82. The van der Waals surface area contributed by atoms with Gasteiger partial charge in [0.05, 0.1) is 10.0 Å². The van der Waals surface area contributed by atoms with Gasteiger partial charge in [0.1, 0.15) is 0 Å². The third kappa shape index (κ3) is 3.63. The molecule has 0 bridgehead atoms. The van der Waals surface area contributed by atoms with Crippen LogP contribution >= 0.6 is 23.2 Å². The molecule has 0 aliphatic carbocycles. The summed E-state index contributed by atoms with van der Waals surface area (Å²) in [6.45, 7) is 4.34. The fourth-order valence-corrected chi connectivity index (χ4v) is 2.08. The minimum absolute atomic E-state index is 0.101. The zero-order valence-electron chi connectivity index (χ0n) is 9.00. The maximum Gasteiger partial charge on any atom is 0.0651 e. The molecule has 0 amide bonds. The van der Waals surface area contributed by atoms with E-state index < -0.39 is 0 Å². The maximum atomic E-state index is 6.05. The third-order valence-electron chi connectivity index (χ3n) is 2.32. The third-order valence-corrected chi connectivity index (χ3v) is 2.92. The van der Waals surface area contributed by atoms with Crippen LogP contribution in [0.4, 0.5) is 0 Å². The van der Waals surface area contributed by atoms with Crippen LogP contribution in [-0.2, 0) is 0 Å². The van der Waals surface area contributed by atoms with Gasteiger partial charge < -0.3 is 5.73 Å². The van der Waals surface area contributed by atoms with E-state index in [1.165, 1.54) is 0 Å². The fraction of sp³-hybridized carbons (Fsp3) is 0.545. The Morgan fingerprint density at radius 3 is 2.20 bits per heavy atom. The molecule has 1 atom stereocenters. The normalized spacial score (nSPS) is 13.2. The second kappa shape index (κ2) is 5.69. The molecule has 0 aliphatic rings. The first kappa shape index (κ1) is 12.8. The van der Waals surface area contributed by atoms with Crippen LogP contribution in [0.25, 0.3) is 0 Å². The molecule has 1 aromatic heterocycles. The van der Waals surface area contributed by atoms with Crippen LogP contribution in [0.15, 0.2) is 12.4 Å². The topological polar surface area (TPSA) is 38.9 Å². The van der Waals surface area contributed by atoms with E-state index in [-0.39, 0.29) is 6.04 Å². The summed E-state index contributed by atoms with van der Waals surface area (Å²) in [5.41, 5.74) is 6.86. The summed E-state index contributed by atoms with van der Waals surface area (Å²) < 4.78 is 0. The predicted molar refractivity (Wildman–Crippen MR) is 65.3 cm³/mol. The molecular formula is C11H16Cl2N2. The SMILES string of the molecule is CC(C)CC[C@H](N)c1c(Cl)cncc1Cl. The van der Waals surface area contributed by atoms with Crippen molar-refractivity contribution in [2.75, 3.05) is 0 Å². The molecule has 1 heterocycles. The molecule has 0 spiro atoms. The van der Waals surface area contributed by atoms with Crippen LogP contribution in [0.2, 0.25) is 10.0 Å². The minimum atomic E-state index is -0.101. The highest BCUT2D eigenvalue weighted by Crippen LogP contribution is 2.30. The number of hydrogen-bond donors (Lipinski definition) is 1. The van der Waals surface area contributed by atoms with E-state index in [9.17, 15) is 0 Å². The Morgan fingerprint density at radius 2 is 1.73 bits per heavy atom. The zero-order valence-corrected chi connectivity index (χ0v) is 10.5. The number of pyridine rings is 1. The van der Waals surface area contributed by atoms with Gasteiger partial charge in [-0.15, -0.1) is 0 Å². The average molecular weight is 247 g/mol. The molecule has 0 aliphatic heterocycles. The first-order valence-electron chi connectivity index (χ1n) is 5.06. The van der Waals surface area contributed by atoms with Gasteiger partial charge in [-0.2, -0.15) is 0 Å². The van der Waals surface area contributed by atoms with Gasteiger partial charge in [0.25, 0.3) is 0 Å². The molecular weight excluding hydrogens is 231 g/mol. The summed E-state index contributed by atoms with van der Waals surface area (Å²) in [4.78, 5) is 3.90. The quantitative estimate of drug-likeness (QED) is 0.878.